The van der Waals surface area contributed by atoms with Crippen molar-refractivity contribution < 1.29 is 0 Å². The molecule has 3 rings (SSSR count). The molecule has 0 aliphatic carbocycles. The van der Waals surface area contributed by atoms with E-state index in [1.807, 2.05) is 14.2 Å². The van der Waals surface area contributed by atoms with Crippen molar-refractivity contribution in [2.75, 3.05) is 0 Å². The first-order chi connectivity index (χ1) is 16.0. The van der Waals surface area contributed by atoms with Crippen molar-refractivity contribution in [3.63, 3.8) is 0 Å². The van der Waals surface area contributed by atoms with Crippen LogP contribution in [0.25, 0.3) is 20.4 Å². The molecule has 1 nitrogen and oxygen atoms in total. The Hall–Kier alpha value is -0.00130. The van der Waals surface area contributed by atoms with Gasteiger partial charge in [0.2, 0.25) is 0 Å². The Morgan fingerprint density at radius 1 is 0.727 bits per heavy atom. The zero-order valence-corrected chi connectivity index (χ0v) is 26.9. The molecule has 33 heavy (non-hydrogen) atoms. The predicted molar refractivity (Wildman–Crippen MR) is 158 cm³/mol. The third-order valence-corrected chi connectivity index (χ3v) is 28.3. The molecule has 0 N–H and O–H groups in total. The molecule has 0 saturated carbocycles. The second-order valence-electron chi connectivity index (χ2n) is 10.6. The maximum atomic E-state index is 2.76. The molecule has 0 saturated heterocycles. The molecule has 0 bridgehead atoms. The SMILES string of the molecule is CCCCCCC(C)n1c2cc(C)sc2c2s[c]([Sn]([CH2]CCC)([CH2]CCC)[CH2]CCC)cc21. The Bertz CT molecular complexity index is 957. The summed E-state index contributed by atoms with van der Waals surface area (Å²) in [7, 11) is 0. The van der Waals surface area contributed by atoms with Crippen LogP contribution in [0.1, 0.15) is 116 Å². The molecule has 0 spiro atoms. The van der Waals surface area contributed by atoms with Gasteiger partial charge in [0.05, 0.1) is 0 Å². The Balaban J connectivity index is 2.07. The fraction of sp³-hybridized carbons (Fsp3) is 0.724. The van der Waals surface area contributed by atoms with Crippen molar-refractivity contribution in [2.24, 2.45) is 0 Å². The summed E-state index contributed by atoms with van der Waals surface area (Å²) in [5, 5.41) is 0. The molecule has 0 aliphatic heterocycles. The molecule has 1 unspecified atom stereocenters. The average Bonchev–Trinajstić information content (AvgIpc) is 3.47. The van der Waals surface area contributed by atoms with Gasteiger partial charge in [-0.05, 0) is 0 Å². The van der Waals surface area contributed by atoms with Gasteiger partial charge in [-0.3, -0.25) is 0 Å². The molecular formula is C29H49NS2Sn. The molecule has 186 valence electrons. The van der Waals surface area contributed by atoms with E-state index in [1.54, 1.807) is 28.2 Å². The van der Waals surface area contributed by atoms with Gasteiger partial charge in [-0.2, -0.15) is 0 Å². The van der Waals surface area contributed by atoms with Crippen LogP contribution in [-0.4, -0.2) is 22.9 Å². The molecule has 1 atom stereocenters. The molecule has 0 fully saturated rings. The average molecular weight is 595 g/mol. The van der Waals surface area contributed by atoms with E-state index < -0.39 is 18.4 Å². The van der Waals surface area contributed by atoms with E-state index in [0.717, 1.165) is 0 Å². The Kier molecular flexibility index (Phi) is 11.2. The minimum absolute atomic E-state index is 0.602. The summed E-state index contributed by atoms with van der Waals surface area (Å²) in [5.74, 6) is 0. The number of aromatic nitrogens is 1. The third-order valence-electron chi connectivity index (χ3n) is 7.74. The molecule has 4 heteroatoms. The number of nitrogens with zero attached hydrogens (tertiary/aromatic N) is 1. The van der Waals surface area contributed by atoms with Crippen molar-refractivity contribution in [1.82, 2.24) is 4.57 Å². The number of thiophene rings is 2. The van der Waals surface area contributed by atoms with E-state index in [1.165, 1.54) is 81.0 Å². The molecule has 0 amide bonds. The summed E-state index contributed by atoms with van der Waals surface area (Å²) in [4.78, 5) is 1.47. The van der Waals surface area contributed by atoms with Gasteiger partial charge >= 0.3 is 217 Å². The second kappa shape index (κ2) is 13.3. The molecule has 0 aliphatic rings. The van der Waals surface area contributed by atoms with Gasteiger partial charge in [0.15, 0.2) is 0 Å². The van der Waals surface area contributed by atoms with Gasteiger partial charge in [-0.25, -0.2) is 0 Å². The number of hydrogen-bond acceptors (Lipinski definition) is 2. The number of rotatable bonds is 16. The van der Waals surface area contributed by atoms with Crippen LogP contribution in [0.2, 0.25) is 13.3 Å². The predicted octanol–water partition coefficient (Wildman–Crippen LogP) is 10.8. The van der Waals surface area contributed by atoms with Gasteiger partial charge in [-0.1, -0.05) is 0 Å². The molecule has 0 aromatic carbocycles. The quantitative estimate of drug-likeness (QED) is 0.115. The van der Waals surface area contributed by atoms with Crippen molar-refractivity contribution in [3.05, 3.63) is 17.0 Å². The first-order valence-corrected chi connectivity index (χ1v) is 23.2. The number of unbranched alkanes of at least 4 members (excludes halogenated alkanes) is 6. The normalized spacial score (nSPS) is 13.5. The van der Waals surface area contributed by atoms with E-state index in [0.29, 0.717) is 6.04 Å². The van der Waals surface area contributed by atoms with Crippen LogP contribution in [0, 0.1) is 6.92 Å². The van der Waals surface area contributed by atoms with E-state index in [4.69, 9.17) is 0 Å². The minimum atomic E-state index is -2.39. The first-order valence-electron chi connectivity index (χ1n) is 14.1. The Morgan fingerprint density at radius 3 is 1.85 bits per heavy atom. The van der Waals surface area contributed by atoms with Crippen molar-refractivity contribution >= 4 is 64.4 Å². The van der Waals surface area contributed by atoms with Gasteiger partial charge in [0.25, 0.3) is 0 Å². The van der Waals surface area contributed by atoms with E-state index in [9.17, 15) is 0 Å². The fourth-order valence-electron chi connectivity index (χ4n) is 5.72. The van der Waals surface area contributed by atoms with Crippen LogP contribution in [-0.2, 0) is 0 Å². The summed E-state index contributed by atoms with van der Waals surface area (Å²) in [6.07, 6.45) is 15.2. The summed E-state index contributed by atoms with van der Waals surface area (Å²) in [6, 6.07) is 5.82. The Labute approximate surface area is 216 Å². The van der Waals surface area contributed by atoms with Crippen molar-refractivity contribution in [1.29, 1.82) is 0 Å². The van der Waals surface area contributed by atoms with Crippen LogP contribution in [0.4, 0.5) is 0 Å². The number of hydrogen-bond donors (Lipinski definition) is 0. The Morgan fingerprint density at radius 2 is 1.27 bits per heavy atom. The van der Waals surface area contributed by atoms with E-state index in [-0.39, 0.29) is 0 Å². The van der Waals surface area contributed by atoms with Crippen LogP contribution in [0.5, 0.6) is 0 Å². The summed E-state index contributed by atoms with van der Waals surface area (Å²) in [6.45, 7) is 14.3. The van der Waals surface area contributed by atoms with Crippen LogP contribution >= 0.6 is 22.7 Å². The number of fused-ring (bicyclic) bond motifs is 3. The zero-order chi connectivity index (χ0) is 23.8. The van der Waals surface area contributed by atoms with Crippen LogP contribution in [0.15, 0.2) is 12.1 Å². The van der Waals surface area contributed by atoms with Crippen LogP contribution < -0.4 is 2.89 Å². The second-order valence-corrected chi connectivity index (χ2v) is 27.0. The van der Waals surface area contributed by atoms with E-state index in [2.05, 4.69) is 69.6 Å². The topological polar surface area (TPSA) is 4.93 Å². The van der Waals surface area contributed by atoms with Gasteiger partial charge < -0.3 is 0 Å². The monoisotopic (exact) mass is 595 g/mol. The van der Waals surface area contributed by atoms with Crippen molar-refractivity contribution in [3.8, 4) is 0 Å². The zero-order valence-electron chi connectivity index (χ0n) is 22.4. The molecule has 3 aromatic heterocycles. The number of aryl methyl sites for hydroxylation is 1. The van der Waals surface area contributed by atoms with Crippen LogP contribution in [0.3, 0.4) is 0 Å². The standard InChI is InChI=1S/C17H22NS2.3C4H9.Sn/c1-4-5-6-7-8-12(2)18-14-9-10-19-16(14)17-15(18)11-13(3)20-17;3*1-3-4-2;/h9,11-12H,4-8H2,1-3H3;3*1,3-4H2,2H3;. The summed E-state index contributed by atoms with van der Waals surface area (Å²) in [5.41, 5.74) is 3.11. The third kappa shape index (κ3) is 6.42. The maximum absolute atomic E-state index is 2.76. The molecule has 3 aromatic rings. The first kappa shape index (κ1) is 27.6. The van der Waals surface area contributed by atoms with Gasteiger partial charge in [0, 0.05) is 0 Å². The van der Waals surface area contributed by atoms with E-state index >= 15 is 0 Å². The summed E-state index contributed by atoms with van der Waals surface area (Å²) >= 11 is 1.91. The van der Waals surface area contributed by atoms with Crippen molar-refractivity contribution in [2.45, 2.75) is 132 Å². The molecular weight excluding hydrogens is 545 g/mol. The molecule has 0 radical (unpaired) electrons. The van der Waals surface area contributed by atoms with Gasteiger partial charge in [-0.15, -0.1) is 0 Å². The van der Waals surface area contributed by atoms with Gasteiger partial charge in [0.1, 0.15) is 0 Å². The fourth-order valence-corrected chi connectivity index (χ4v) is 27.1. The summed E-state index contributed by atoms with van der Waals surface area (Å²) < 4.78 is 12.6. The molecule has 3 heterocycles.